The lowest BCUT2D eigenvalue weighted by Crippen LogP contribution is -2.26. The molecular formula is C13H22N4. The highest BCUT2D eigenvalue weighted by molar-refractivity contribution is 5.02. The molecule has 1 aliphatic heterocycles. The third-order valence-electron chi connectivity index (χ3n) is 3.27. The highest BCUT2D eigenvalue weighted by Gasteiger charge is 2.22. The maximum atomic E-state index is 4.46. The van der Waals surface area contributed by atoms with E-state index in [0.29, 0.717) is 0 Å². The zero-order valence-corrected chi connectivity index (χ0v) is 10.8. The quantitative estimate of drug-likeness (QED) is 0.831. The van der Waals surface area contributed by atoms with Gasteiger partial charge in [0.2, 0.25) is 0 Å². The predicted octanol–water partition coefficient (Wildman–Crippen LogP) is 1.22. The summed E-state index contributed by atoms with van der Waals surface area (Å²) in [5, 5.41) is 3.43. The normalized spacial score (nSPS) is 20.9. The van der Waals surface area contributed by atoms with Crippen molar-refractivity contribution in [3.05, 3.63) is 23.8 Å². The molecule has 0 bridgehead atoms. The Kier molecular flexibility index (Phi) is 4.45. The molecule has 1 saturated heterocycles. The van der Waals surface area contributed by atoms with Crippen LogP contribution in [0.15, 0.2) is 12.3 Å². The first-order valence-electron chi connectivity index (χ1n) is 6.49. The van der Waals surface area contributed by atoms with Crippen LogP contribution >= 0.6 is 0 Å². The molecule has 4 nitrogen and oxygen atoms in total. The lowest BCUT2D eigenvalue weighted by molar-refractivity contribution is 0.310. The van der Waals surface area contributed by atoms with Crippen molar-refractivity contribution in [2.75, 3.05) is 26.2 Å². The monoisotopic (exact) mass is 234 g/mol. The van der Waals surface area contributed by atoms with Crippen molar-refractivity contribution < 1.29 is 0 Å². The Hall–Kier alpha value is -1.00. The van der Waals surface area contributed by atoms with Gasteiger partial charge in [-0.1, -0.05) is 6.92 Å². The molecule has 4 heteroatoms. The maximum absolute atomic E-state index is 4.46. The first-order chi connectivity index (χ1) is 8.28. The van der Waals surface area contributed by atoms with E-state index < -0.39 is 0 Å². The number of aryl methyl sites for hydroxylation is 1. The molecule has 1 aromatic heterocycles. The summed E-state index contributed by atoms with van der Waals surface area (Å²) in [4.78, 5) is 11.1. The van der Waals surface area contributed by atoms with E-state index in [9.17, 15) is 0 Å². The van der Waals surface area contributed by atoms with Gasteiger partial charge in [0.1, 0.15) is 5.82 Å². The number of hydrogen-bond donors (Lipinski definition) is 1. The van der Waals surface area contributed by atoms with Crippen molar-refractivity contribution in [2.24, 2.45) is 5.92 Å². The van der Waals surface area contributed by atoms with Crippen molar-refractivity contribution in [2.45, 2.75) is 26.8 Å². The predicted molar refractivity (Wildman–Crippen MR) is 68.7 cm³/mol. The first kappa shape index (κ1) is 12.5. The molecule has 1 aliphatic rings. The SMILES string of the molecule is CCNCC1CCN(Cc2ccnc(C)n2)C1. The Labute approximate surface area is 103 Å². The molecular weight excluding hydrogens is 212 g/mol. The molecule has 0 radical (unpaired) electrons. The van der Waals surface area contributed by atoms with Gasteiger partial charge in [0, 0.05) is 19.3 Å². The third kappa shape index (κ3) is 3.75. The van der Waals surface area contributed by atoms with Gasteiger partial charge in [-0.3, -0.25) is 4.90 Å². The molecule has 1 aromatic rings. The van der Waals surface area contributed by atoms with Crippen molar-refractivity contribution in [1.29, 1.82) is 0 Å². The molecule has 0 spiro atoms. The number of nitrogens with zero attached hydrogens (tertiary/aromatic N) is 3. The lowest BCUT2D eigenvalue weighted by atomic mass is 10.1. The average molecular weight is 234 g/mol. The molecule has 0 saturated carbocycles. The molecule has 2 heterocycles. The van der Waals surface area contributed by atoms with Gasteiger partial charge in [0.25, 0.3) is 0 Å². The molecule has 1 N–H and O–H groups in total. The van der Waals surface area contributed by atoms with E-state index in [4.69, 9.17) is 0 Å². The number of nitrogens with one attached hydrogen (secondary N) is 1. The molecule has 17 heavy (non-hydrogen) atoms. The van der Waals surface area contributed by atoms with Crippen LogP contribution < -0.4 is 5.32 Å². The maximum Gasteiger partial charge on any atom is 0.125 e. The summed E-state index contributed by atoms with van der Waals surface area (Å²) in [7, 11) is 0. The highest BCUT2D eigenvalue weighted by atomic mass is 15.2. The summed E-state index contributed by atoms with van der Waals surface area (Å²) in [6.07, 6.45) is 3.15. The van der Waals surface area contributed by atoms with Gasteiger partial charge in [-0.25, -0.2) is 9.97 Å². The van der Waals surface area contributed by atoms with Crippen LogP contribution in [-0.2, 0) is 6.54 Å². The van der Waals surface area contributed by atoms with Gasteiger partial charge in [-0.2, -0.15) is 0 Å². The van der Waals surface area contributed by atoms with Crippen LogP contribution in [0.5, 0.6) is 0 Å². The van der Waals surface area contributed by atoms with Gasteiger partial charge in [-0.05, 0) is 45.0 Å². The number of hydrogen-bond acceptors (Lipinski definition) is 4. The summed E-state index contributed by atoms with van der Waals surface area (Å²) in [5.41, 5.74) is 1.14. The zero-order valence-electron chi connectivity index (χ0n) is 10.8. The van der Waals surface area contributed by atoms with E-state index in [0.717, 1.165) is 37.1 Å². The number of rotatable bonds is 5. The van der Waals surface area contributed by atoms with E-state index in [1.54, 1.807) is 0 Å². The summed E-state index contributed by atoms with van der Waals surface area (Å²) in [5.74, 6) is 1.67. The summed E-state index contributed by atoms with van der Waals surface area (Å²) >= 11 is 0. The number of aromatic nitrogens is 2. The summed E-state index contributed by atoms with van der Waals surface area (Å²) in [6.45, 7) is 9.68. The first-order valence-corrected chi connectivity index (χ1v) is 6.49. The topological polar surface area (TPSA) is 41.0 Å². The molecule has 0 amide bonds. The number of likely N-dealkylation sites (tertiary alicyclic amines) is 1. The minimum absolute atomic E-state index is 0.804. The zero-order chi connectivity index (χ0) is 12.1. The van der Waals surface area contributed by atoms with Gasteiger partial charge < -0.3 is 5.32 Å². The largest absolute Gasteiger partial charge is 0.317 e. The Morgan fingerprint density at radius 3 is 3.18 bits per heavy atom. The molecule has 1 fully saturated rings. The summed E-state index contributed by atoms with van der Waals surface area (Å²) in [6, 6.07) is 2.02. The van der Waals surface area contributed by atoms with Crippen LogP contribution in [0.2, 0.25) is 0 Å². The molecule has 2 rings (SSSR count). The van der Waals surface area contributed by atoms with Crippen LogP contribution in [0.1, 0.15) is 24.9 Å². The van der Waals surface area contributed by atoms with Crippen LogP contribution in [0.3, 0.4) is 0 Å². The fourth-order valence-corrected chi connectivity index (χ4v) is 2.39. The van der Waals surface area contributed by atoms with E-state index in [-0.39, 0.29) is 0 Å². The third-order valence-corrected chi connectivity index (χ3v) is 3.27. The van der Waals surface area contributed by atoms with E-state index in [1.807, 2.05) is 19.2 Å². The molecule has 0 aromatic carbocycles. The van der Waals surface area contributed by atoms with E-state index in [2.05, 4.69) is 27.1 Å². The molecule has 0 aliphatic carbocycles. The molecule has 94 valence electrons. The van der Waals surface area contributed by atoms with Gasteiger partial charge in [-0.15, -0.1) is 0 Å². The standard InChI is InChI=1S/C13H22N4/c1-3-14-8-12-5-7-17(9-12)10-13-4-6-15-11(2)16-13/h4,6,12,14H,3,5,7-10H2,1-2H3. The minimum atomic E-state index is 0.804. The van der Waals surface area contributed by atoms with Crippen LogP contribution in [-0.4, -0.2) is 41.0 Å². The van der Waals surface area contributed by atoms with E-state index in [1.165, 1.54) is 19.5 Å². The minimum Gasteiger partial charge on any atom is -0.317 e. The van der Waals surface area contributed by atoms with Crippen LogP contribution in [0.25, 0.3) is 0 Å². The Morgan fingerprint density at radius 2 is 2.41 bits per heavy atom. The van der Waals surface area contributed by atoms with Gasteiger partial charge in [0.05, 0.1) is 5.69 Å². The molecule has 1 unspecified atom stereocenters. The highest BCUT2D eigenvalue weighted by Crippen LogP contribution is 2.17. The average Bonchev–Trinajstić information content (AvgIpc) is 2.74. The van der Waals surface area contributed by atoms with Gasteiger partial charge in [0.15, 0.2) is 0 Å². The second-order valence-electron chi connectivity index (χ2n) is 4.79. The van der Waals surface area contributed by atoms with Crippen molar-refractivity contribution >= 4 is 0 Å². The van der Waals surface area contributed by atoms with Crippen molar-refractivity contribution in [3.63, 3.8) is 0 Å². The second-order valence-corrected chi connectivity index (χ2v) is 4.79. The van der Waals surface area contributed by atoms with Crippen molar-refractivity contribution in [3.8, 4) is 0 Å². The Bertz CT molecular complexity index is 353. The smallest absolute Gasteiger partial charge is 0.125 e. The second kappa shape index (κ2) is 6.07. The van der Waals surface area contributed by atoms with E-state index >= 15 is 0 Å². The fourth-order valence-electron chi connectivity index (χ4n) is 2.39. The Morgan fingerprint density at radius 1 is 1.53 bits per heavy atom. The molecule has 1 atom stereocenters. The van der Waals surface area contributed by atoms with Crippen LogP contribution in [0.4, 0.5) is 0 Å². The fraction of sp³-hybridized carbons (Fsp3) is 0.692. The van der Waals surface area contributed by atoms with Crippen LogP contribution in [0, 0.1) is 12.8 Å². The van der Waals surface area contributed by atoms with Gasteiger partial charge >= 0.3 is 0 Å². The lowest BCUT2D eigenvalue weighted by Gasteiger charge is -2.15. The van der Waals surface area contributed by atoms with Crippen molar-refractivity contribution in [1.82, 2.24) is 20.2 Å². The Balaban J connectivity index is 1.81. The summed E-state index contributed by atoms with van der Waals surface area (Å²) < 4.78 is 0.